The molecule has 0 aliphatic heterocycles. The summed E-state index contributed by atoms with van der Waals surface area (Å²) in [7, 11) is 0. The summed E-state index contributed by atoms with van der Waals surface area (Å²) in [5, 5.41) is 8.93. The second kappa shape index (κ2) is 8.84. The van der Waals surface area contributed by atoms with Crippen LogP contribution in [0.1, 0.15) is 20.3 Å². The maximum atomic E-state index is 11.5. The van der Waals surface area contributed by atoms with Gasteiger partial charge in [0, 0.05) is 0 Å². The molecular formula is C11H22N2O5. The number of esters is 2. The molecule has 7 nitrogen and oxygen atoms in total. The van der Waals surface area contributed by atoms with Crippen molar-refractivity contribution in [3.05, 3.63) is 0 Å². The van der Waals surface area contributed by atoms with Crippen molar-refractivity contribution in [2.45, 2.75) is 32.4 Å². The van der Waals surface area contributed by atoms with Gasteiger partial charge in [-0.2, -0.15) is 0 Å². The summed E-state index contributed by atoms with van der Waals surface area (Å²) in [6.07, 6.45) is -0.401. The van der Waals surface area contributed by atoms with Gasteiger partial charge >= 0.3 is 11.9 Å². The zero-order valence-corrected chi connectivity index (χ0v) is 10.8. The van der Waals surface area contributed by atoms with Crippen LogP contribution in [-0.4, -0.2) is 48.9 Å². The minimum atomic E-state index is -0.906. The van der Waals surface area contributed by atoms with Crippen LogP contribution in [0.5, 0.6) is 0 Å². The molecular weight excluding hydrogens is 240 g/mol. The van der Waals surface area contributed by atoms with E-state index in [0.717, 1.165) is 0 Å². The maximum absolute atomic E-state index is 11.5. The third kappa shape index (κ3) is 7.21. The third-order valence-electron chi connectivity index (χ3n) is 2.11. The number of aliphatic hydroxyl groups excluding tert-OH is 1. The summed E-state index contributed by atoms with van der Waals surface area (Å²) >= 11 is 0. The highest BCUT2D eigenvalue weighted by Crippen LogP contribution is 2.04. The molecule has 0 aromatic heterocycles. The van der Waals surface area contributed by atoms with Crippen LogP contribution in [0.2, 0.25) is 0 Å². The van der Waals surface area contributed by atoms with E-state index in [1.807, 2.05) is 13.8 Å². The average molecular weight is 262 g/mol. The molecule has 2 atom stereocenters. The summed E-state index contributed by atoms with van der Waals surface area (Å²) in [6, 6.07) is -0.713. The van der Waals surface area contributed by atoms with E-state index in [0.29, 0.717) is 6.42 Å². The number of rotatable bonds is 8. The first-order valence-corrected chi connectivity index (χ1v) is 5.83. The number of ether oxygens (including phenoxy) is 2. The van der Waals surface area contributed by atoms with E-state index in [1.165, 1.54) is 0 Å². The quantitative estimate of drug-likeness (QED) is 0.467. The molecule has 18 heavy (non-hydrogen) atoms. The molecule has 1 unspecified atom stereocenters. The number of carbonyl (C=O) groups excluding carboxylic acids is 2. The van der Waals surface area contributed by atoms with Crippen LogP contribution >= 0.6 is 0 Å². The Morgan fingerprint density at radius 1 is 1.33 bits per heavy atom. The molecule has 0 bridgehead atoms. The van der Waals surface area contributed by atoms with Gasteiger partial charge in [-0.1, -0.05) is 13.8 Å². The molecule has 0 amide bonds. The molecule has 0 aliphatic rings. The van der Waals surface area contributed by atoms with Crippen molar-refractivity contribution in [2.24, 2.45) is 17.4 Å². The number of aliphatic hydroxyl groups is 1. The van der Waals surface area contributed by atoms with Gasteiger partial charge in [0.2, 0.25) is 0 Å². The fraction of sp³-hybridized carbons (Fsp3) is 0.818. The second-order valence-electron chi connectivity index (χ2n) is 4.36. The lowest BCUT2D eigenvalue weighted by molar-refractivity contribution is -0.161. The van der Waals surface area contributed by atoms with Gasteiger partial charge in [0.15, 0.2) is 6.10 Å². The van der Waals surface area contributed by atoms with Gasteiger partial charge < -0.3 is 26.0 Å². The summed E-state index contributed by atoms with van der Waals surface area (Å²) in [4.78, 5) is 22.3. The summed E-state index contributed by atoms with van der Waals surface area (Å²) in [6.45, 7) is 2.90. The highest BCUT2D eigenvalue weighted by atomic mass is 16.6. The molecule has 0 rings (SSSR count). The maximum Gasteiger partial charge on any atom is 0.323 e. The zero-order chi connectivity index (χ0) is 14.1. The molecule has 0 aromatic carbocycles. The fourth-order valence-corrected chi connectivity index (χ4v) is 1.24. The highest BCUT2D eigenvalue weighted by molar-refractivity contribution is 5.75. The van der Waals surface area contributed by atoms with Gasteiger partial charge in [-0.15, -0.1) is 0 Å². The Bertz CT molecular complexity index is 270. The lowest BCUT2D eigenvalue weighted by Gasteiger charge is -2.17. The van der Waals surface area contributed by atoms with Crippen LogP contribution in [0.3, 0.4) is 0 Å². The van der Waals surface area contributed by atoms with Gasteiger partial charge in [-0.3, -0.25) is 9.59 Å². The normalized spacial score (nSPS) is 14.1. The number of hydrogen-bond donors (Lipinski definition) is 3. The monoisotopic (exact) mass is 262 g/mol. The van der Waals surface area contributed by atoms with Crippen LogP contribution in [0.25, 0.3) is 0 Å². The van der Waals surface area contributed by atoms with Gasteiger partial charge in [-0.25, -0.2) is 0 Å². The van der Waals surface area contributed by atoms with Crippen LogP contribution in [0.15, 0.2) is 0 Å². The highest BCUT2D eigenvalue weighted by Gasteiger charge is 2.20. The van der Waals surface area contributed by atoms with Crippen molar-refractivity contribution in [1.82, 2.24) is 0 Å². The van der Waals surface area contributed by atoms with Crippen molar-refractivity contribution >= 4 is 11.9 Å². The largest absolute Gasteiger partial charge is 0.460 e. The molecule has 0 spiro atoms. The van der Waals surface area contributed by atoms with Gasteiger partial charge in [0.1, 0.15) is 12.6 Å². The predicted octanol–water partition coefficient (Wildman–Crippen LogP) is -1.23. The average Bonchev–Trinajstić information content (AvgIpc) is 2.32. The fourth-order valence-electron chi connectivity index (χ4n) is 1.24. The minimum absolute atomic E-state index is 0.229. The molecule has 0 aromatic rings. The van der Waals surface area contributed by atoms with Crippen LogP contribution < -0.4 is 11.5 Å². The van der Waals surface area contributed by atoms with Gasteiger partial charge in [0.05, 0.1) is 13.2 Å². The van der Waals surface area contributed by atoms with E-state index < -0.39 is 30.7 Å². The van der Waals surface area contributed by atoms with Crippen molar-refractivity contribution in [2.75, 3.05) is 19.8 Å². The molecule has 0 heterocycles. The molecule has 0 saturated carbocycles. The summed E-state index contributed by atoms with van der Waals surface area (Å²) in [5.41, 5.74) is 10.7. The predicted molar refractivity (Wildman–Crippen MR) is 64.4 cm³/mol. The summed E-state index contributed by atoms with van der Waals surface area (Å²) in [5.74, 6) is -0.973. The Morgan fingerprint density at radius 3 is 2.39 bits per heavy atom. The first-order valence-electron chi connectivity index (χ1n) is 5.83. The van der Waals surface area contributed by atoms with Gasteiger partial charge in [0.25, 0.3) is 0 Å². The number of hydrogen-bond acceptors (Lipinski definition) is 7. The first-order chi connectivity index (χ1) is 8.40. The van der Waals surface area contributed by atoms with E-state index in [9.17, 15) is 9.59 Å². The van der Waals surface area contributed by atoms with Crippen molar-refractivity contribution in [1.29, 1.82) is 0 Å². The molecule has 7 heteroatoms. The number of carbonyl (C=O) groups is 2. The van der Waals surface area contributed by atoms with Crippen molar-refractivity contribution < 1.29 is 24.2 Å². The van der Waals surface area contributed by atoms with E-state index in [-0.39, 0.29) is 19.1 Å². The Labute approximate surface area is 106 Å². The molecule has 0 aliphatic carbocycles. The SMILES string of the molecule is CC(C)C[C@H](N)C(=O)OCC(CO)OC(=O)CN. The molecule has 0 fully saturated rings. The zero-order valence-electron chi connectivity index (χ0n) is 10.8. The Kier molecular flexibility index (Phi) is 8.27. The van der Waals surface area contributed by atoms with Gasteiger partial charge in [-0.05, 0) is 12.3 Å². The van der Waals surface area contributed by atoms with Crippen LogP contribution in [0.4, 0.5) is 0 Å². The Balaban J connectivity index is 4.04. The topological polar surface area (TPSA) is 125 Å². The second-order valence-corrected chi connectivity index (χ2v) is 4.36. The Hall–Kier alpha value is -1.18. The van der Waals surface area contributed by atoms with E-state index in [1.54, 1.807) is 0 Å². The number of nitrogens with two attached hydrogens (primary N) is 2. The lowest BCUT2D eigenvalue weighted by atomic mass is 10.1. The van der Waals surface area contributed by atoms with Crippen molar-refractivity contribution in [3.8, 4) is 0 Å². The smallest absolute Gasteiger partial charge is 0.323 e. The lowest BCUT2D eigenvalue weighted by Crippen LogP contribution is -2.37. The molecule has 0 radical (unpaired) electrons. The van der Waals surface area contributed by atoms with Crippen LogP contribution in [0, 0.1) is 5.92 Å². The van der Waals surface area contributed by atoms with Crippen molar-refractivity contribution in [3.63, 3.8) is 0 Å². The molecule has 106 valence electrons. The summed E-state index contributed by atoms with van der Waals surface area (Å²) < 4.78 is 9.59. The van der Waals surface area contributed by atoms with Crippen LogP contribution in [-0.2, 0) is 19.1 Å². The standard InChI is InChI=1S/C11H22N2O5/c1-7(2)3-9(13)11(16)17-6-8(5-14)18-10(15)4-12/h7-9,14H,3-6,12-13H2,1-2H3/t8?,9-/m0/s1. The molecule has 5 N–H and O–H groups in total. The Morgan fingerprint density at radius 2 is 1.94 bits per heavy atom. The third-order valence-corrected chi connectivity index (χ3v) is 2.11. The first kappa shape index (κ1) is 16.8. The van der Waals surface area contributed by atoms with E-state index in [2.05, 4.69) is 0 Å². The van der Waals surface area contributed by atoms with E-state index in [4.69, 9.17) is 26.0 Å². The molecule has 0 saturated heterocycles. The van der Waals surface area contributed by atoms with E-state index >= 15 is 0 Å². The minimum Gasteiger partial charge on any atom is -0.460 e.